The van der Waals surface area contributed by atoms with Crippen molar-refractivity contribution in [3.63, 3.8) is 0 Å². The lowest BCUT2D eigenvalue weighted by Crippen LogP contribution is -2.60. The van der Waals surface area contributed by atoms with E-state index >= 15 is 0 Å². The molecule has 1 aliphatic heterocycles. The highest BCUT2D eigenvalue weighted by molar-refractivity contribution is 5.87. The van der Waals surface area contributed by atoms with Gasteiger partial charge in [-0.05, 0) is 47.9 Å². The molecule has 0 aromatic heterocycles. The first-order chi connectivity index (χ1) is 16.2. The van der Waals surface area contributed by atoms with Gasteiger partial charge >= 0.3 is 5.97 Å². The molecular formula is C23H26O11. The Hall–Kier alpha value is -3.35. The van der Waals surface area contributed by atoms with Crippen LogP contribution in [-0.2, 0) is 20.7 Å². The number of phenols is 3. The number of hydrogen-bond donors (Lipinski definition) is 7. The van der Waals surface area contributed by atoms with Crippen LogP contribution in [0.4, 0.5) is 0 Å². The fourth-order valence-corrected chi connectivity index (χ4v) is 3.24. The summed E-state index contributed by atoms with van der Waals surface area (Å²) in [4.78, 5) is 12.0. The van der Waals surface area contributed by atoms with Crippen LogP contribution in [0.15, 0.2) is 42.5 Å². The first-order valence-electron chi connectivity index (χ1n) is 10.4. The molecule has 3 rings (SSSR count). The van der Waals surface area contributed by atoms with Crippen LogP contribution in [0.2, 0.25) is 0 Å². The molecule has 0 spiro atoms. The third-order valence-corrected chi connectivity index (χ3v) is 5.14. The molecule has 7 N–H and O–H groups in total. The summed E-state index contributed by atoms with van der Waals surface area (Å²) < 4.78 is 16.0. The Bertz CT molecular complexity index is 1020. The first kappa shape index (κ1) is 25.3. The smallest absolute Gasteiger partial charge is 0.330 e. The molecule has 11 nitrogen and oxygen atoms in total. The molecule has 0 amide bonds. The first-order valence-corrected chi connectivity index (χ1v) is 10.4. The molecule has 5 unspecified atom stereocenters. The Morgan fingerprint density at radius 1 is 0.941 bits per heavy atom. The molecule has 0 aliphatic carbocycles. The second-order valence-electron chi connectivity index (χ2n) is 7.62. The zero-order valence-corrected chi connectivity index (χ0v) is 17.9. The Morgan fingerprint density at radius 2 is 1.71 bits per heavy atom. The summed E-state index contributed by atoms with van der Waals surface area (Å²) >= 11 is 0. The largest absolute Gasteiger partial charge is 0.504 e. The highest BCUT2D eigenvalue weighted by atomic mass is 16.7. The second kappa shape index (κ2) is 11.2. The van der Waals surface area contributed by atoms with Crippen molar-refractivity contribution in [2.24, 2.45) is 0 Å². The van der Waals surface area contributed by atoms with E-state index in [1.54, 1.807) is 6.07 Å². The molecule has 11 heteroatoms. The molecule has 0 saturated carbocycles. The van der Waals surface area contributed by atoms with Crippen molar-refractivity contribution in [1.29, 1.82) is 0 Å². The molecule has 1 heterocycles. The van der Waals surface area contributed by atoms with Crippen LogP contribution in [0.5, 0.6) is 23.0 Å². The van der Waals surface area contributed by atoms with Crippen LogP contribution in [0.3, 0.4) is 0 Å². The van der Waals surface area contributed by atoms with Gasteiger partial charge in [-0.3, -0.25) is 0 Å². The number of esters is 1. The lowest BCUT2D eigenvalue weighted by atomic mass is 9.99. The summed E-state index contributed by atoms with van der Waals surface area (Å²) in [6.07, 6.45) is -5.01. The third kappa shape index (κ3) is 6.16. The van der Waals surface area contributed by atoms with Crippen molar-refractivity contribution < 1.29 is 54.8 Å². The van der Waals surface area contributed by atoms with Crippen LogP contribution in [0, 0.1) is 0 Å². The lowest BCUT2D eigenvalue weighted by molar-refractivity contribution is -0.278. The van der Waals surface area contributed by atoms with Gasteiger partial charge in [0, 0.05) is 12.7 Å². The average Bonchev–Trinajstić information content (AvgIpc) is 2.81. The van der Waals surface area contributed by atoms with Gasteiger partial charge in [0.2, 0.25) is 6.29 Å². The minimum Gasteiger partial charge on any atom is -0.504 e. The molecule has 1 aliphatic rings. The summed E-state index contributed by atoms with van der Waals surface area (Å²) in [5.41, 5.74) is 1.06. The van der Waals surface area contributed by atoms with Crippen molar-refractivity contribution in [3.05, 3.63) is 53.6 Å². The van der Waals surface area contributed by atoms with Crippen LogP contribution >= 0.6 is 0 Å². The number of phenolic OH excluding ortho intramolecular Hbond substituents is 3. The molecule has 0 bridgehead atoms. The van der Waals surface area contributed by atoms with Crippen molar-refractivity contribution in [2.45, 2.75) is 37.1 Å². The lowest BCUT2D eigenvalue weighted by Gasteiger charge is -2.39. The summed E-state index contributed by atoms with van der Waals surface area (Å²) in [5.74, 6) is -1.84. The van der Waals surface area contributed by atoms with Gasteiger partial charge in [-0.25, -0.2) is 4.79 Å². The van der Waals surface area contributed by atoms with E-state index in [2.05, 4.69) is 0 Å². The molecule has 5 atom stereocenters. The van der Waals surface area contributed by atoms with Gasteiger partial charge in [-0.2, -0.15) is 0 Å². The zero-order valence-electron chi connectivity index (χ0n) is 17.9. The summed E-state index contributed by atoms with van der Waals surface area (Å²) in [5, 5.41) is 68.5. The minimum absolute atomic E-state index is 0.0647. The van der Waals surface area contributed by atoms with Crippen LogP contribution in [0.1, 0.15) is 11.1 Å². The van der Waals surface area contributed by atoms with Gasteiger partial charge < -0.3 is 50.0 Å². The maximum atomic E-state index is 12.0. The fourth-order valence-electron chi connectivity index (χ4n) is 3.24. The molecule has 1 saturated heterocycles. The molecule has 184 valence electrons. The number of aliphatic hydroxyl groups is 4. The normalized spacial score (nSPS) is 24.8. The third-order valence-electron chi connectivity index (χ3n) is 5.14. The number of ether oxygens (including phenoxy) is 3. The Labute approximate surface area is 194 Å². The Morgan fingerprint density at radius 3 is 2.38 bits per heavy atom. The standard InChI is InChI=1S/C23H26O11/c24-8-7-13-2-5-17(16(27)10-13)33-23-22(31)21(30)20(29)18(34-23)11-32-19(28)6-3-12-1-4-14(25)15(26)9-12/h1-6,9-10,18,20-27,29-31H,7-8,11H2. The monoisotopic (exact) mass is 478 g/mol. The molecule has 2 aromatic carbocycles. The molecule has 2 aromatic rings. The van der Waals surface area contributed by atoms with E-state index in [-0.39, 0.29) is 29.6 Å². The number of carbonyl (C=O) groups is 1. The molecule has 1 fully saturated rings. The molecule has 34 heavy (non-hydrogen) atoms. The van der Waals surface area contributed by atoms with E-state index in [1.807, 2.05) is 0 Å². The van der Waals surface area contributed by atoms with Crippen LogP contribution in [-0.4, -0.2) is 85.6 Å². The second-order valence-corrected chi connectivity index (χ2v) is 7.62. The van der Waals surface area contributed by atoms with Crippen LogP contribution < -0.4 is 4.74 Å². The number of aromatic hydroxyl groups is 3. The van der Waals surface area contributed by atoms with E-state index in [4.69, 9.17) is 19.3 Å². The Balaban J connectivity index is 1.61. The maximum Gasteiger partial charge on any atom is 0.330 e. The summed E-state index contributed by atoms with van der Waals surface area (Å²) in [6.45, 7) is -0.600. The minimum atomic E-state index is -1.69. The van der Waals surface area contributed by atoms with E-state index < -0.39 is 43.3 Å². The highest BCUT2D eigenvalue weighted by Crippen LogP contribution is 2.31. The van der Waals surface area contributed by atoms with Gasteiger partial charge in [-0.1, -0.05) is 12.1 Å². The van der Waals surface area contributed by atoms with E-state index in [1.165, 1.54) is 36.4 Å². The maximum absolute atomic E-state index is 12.0. The Kier molecular flexibility index (Phi) is 8.31. The SMILES string of the molecule is O=C(C=Cc1ccc(O)c(O)c1)OCC1OC(Oc2ccc(CCO)cc2O)C(O)C(O)C1O. The fraction of sp³-hybridized carbons (Fsp3) is 0.348. The predicted octanol–water partition coefficient (Wildman–Crippen LogP) is -0.219. The van der Waals surface area contributed by atoms with Crippen molar-refractivity contribution in [1.82, 2.24) is 0 Å². The molecular weight excluding hydrogens is 452 g/mol. The number of benzene rings is 2. The van der Waals surface area contributed by atoms with E-state index in [9.17, 15) is 35.4 Å². The van der Waals surface area contributed by atoms with Crippen molar-refractivity contribution >= 4 is 12.0 Å². The van der Waals surface area contributed by atoms with Crippen LogP contribution in [0.25, 0.3) is 6.08 Å². The number of carbonyl (C=O) groups excluding carboxylic acids is 1. The molecule has 0 radical (unpaired) electrons. The number of aliphatic hydroxyl groups excluding tert-OH is 4. The average molecular weight is 478 g/mol. The number of rotatable bonds is 8. The highest BCUT2D eigenvalue weighted by Gasteiger charge is 2.45. The quantitative estimate of drug-likeness (QED) is 0.151. The van der Waals surface area contributed by atoms with Gasteiger partial charge in [0.05, 0.1) is 0 Å². The summed E-state index contributed by atoms with van der Waals surface area (Å²) in [6, 6.07) is 8.29. The topological polar surface area (TPSA) is 186 Å². The zero-order chi connectivity index (χ0) is 24.8. The van der Waals surface area contributed by atoms with Gasteiger partial charge in [0.1, 0.15) is 31.0 Å². The van der Waals surface area contributed by atoms with Gasteiger partial charge in [0.25, 0.3) is 0 Å². The van der Waals surface area contributed by atoms with Crippen molar-refractivity contribution in [3.8, 4) is 23.0 Å². The summed E-state index contributed by atoms with van der Waals surface area (Å²) in [7, 11) is 0. The number of hydrogen-bond acceptors (Lipinski definition) is 11. The van der Waals surface area contributed by atoms with Crippen molar-refractivity contribution in [2.75, 3.05) is 13.2 Å². The van der Waals surface area contributed by atoms with E-state index in [0.29, 0.717) is 17.5 Å². The van der Waals surface area contributed by atoms with Gasteiger partial charge in [-0.15, -0.1) is 0 Å². The van der Waals surface area contributed by atoms with Gasteiger partial charge in [0.15, 0.2) is 23.0 Å². The predicted molar refractivity (Wildman–Crippen MR) is 116 cm³/mol. The van der Waals surface area contributed by atoms with E-state index in [0.717, 1.165) is 6.08 Å².